The van der Waals surface area contributed by atoms with Crippen molar-refractivity contribution in [3.05, 3.63) is 48.0 Å². The molecular formula is C16H19N5O2. The van der Waals surface area contributed by atoms with Crippen molar-refractivity contribution in [2.24, 2.45) is 0 Å². The number of anilines is 1. The van der Waals surface area contributed by atoms with Gasteiger partial charge in [-0.15, -0.1) is 0 Å². The zero-order valence-electron chi connectivity index (χ0n) is 12.7. The van der Waals surface area contributed by atoms with E-state index in [9.17, 15) is 4.79 Å². The summed E-state index contributed by atoms with van der Waals surface area (Å²) in [5.74, 6) is 0.210. The van der Waals surface area contributed by atoms with Crippen molar-refractivity contribution in [1.82, 2.24) is 20.3 Å². The summed E-state index contributed by atoms with van der Waals surface area (Å²) >= 11 is 0. The van der Waals surface area contributed by atoms with Crippen LogP contribution in [0.4, 0.5) is 5.95 Å². The maximum Gasteiger partial charge on any atom is 0.270 e. The second-order valence-electron chi connectivity index (χ2n) is 5.32. The lowest BCUT2D eigenvalue weighted by molar-refractivity contribution is 0.0946. The smallest absolute Gasteiger partial charge is 0.270 e. The Morgan fingerprint density at radius 1 is 1.26 bits per heavy atom. The summed E-state index contributed by atoms with van der Waals surface area (Å²) < 4.78 is 5.54. The Balaban J connectivity index is 1.54. The highest BCUT2D eigenvalue weighted by molar-refractivity contribution is 5.92. The standard InChI is InChI=1S/C16H19N5O2/c22-15(19-10-12-3-6-17-7-4-12)14-5-8-18-16(21-14)20-11-13-2-1-9-23-13/h3-8,13H,1-2,9-11H2,(H,19,22)(H,18,20,21). The fourth-order valence-electron chi connectivity index (χ4n) is 2.35. The Labute approximate surface area is 134 Å². The molecule has 0 bridgehead atoms. The molecule has 2 aromatic heterocycles. The minimum atomic E-state index is -0.232. The van der Waals surface area contributed by atoms with Gasteiger partial charge in [0.15, 0.2) is 0 Å². The number of pyridine rings is 1. The highest BCUT2D eigenvalue weighted by Gasteiger charge is 2.15. The molecule has 23 heavy (non-hydrogen) atoms. The molecule has 120 valence electrons. The number of ether oxygens (including phenoxy) is 1. The van der Waals surface area contributed by atoms with Gasteiger partial charge < -0.3 is 15.4 Å². The van der Waals surface area contributed by atoms with Crippen LogP contribution >= 0.6 is 0 Å². The van der Waals surface area contributed by atoms with E-state index in [1.54, 1.807) is 24.7 Å². The first-order valence-electron chi connectivity index (χ1n) is 7.67. The largest absolute Gasteiger partial charge is 0.376 e. The molecule has 0 aromatic carbocycles. The van der Waals surface area contributed by atoms with E-state index < -0.39 is 0 Å². The van der Waals surface area contributed by atoms with Crippen LogP contribution in [-0.2, 0) is 11.3 Å². The Morgan fingerprint density at radius 3 is 2.91 bits per heavy atom. The van der Waals surface area contributed by atoms with Crippen molar-refractivity contribution in [2.45, 2.75) is 25.5 Å². The van der Waals surface area contributed by atoms with Gasteiger partial charge in [-0.3, -0.25) is 9.78 Å². The molecule has 2 N–H and O–H groups in total. The molecule has 1 saturated heterocycles. The van der Waals surface area contributed by atoms with E-state index in [0.717, 1.165) is 25.0 Å². The molecule has 1 amide bonds. The molecule has 0 spiro atoms. The number of hydrogen-bond donors (Lipinski definition) is 2. The normalized spacial score (nSPS) is 17.0. The summed E-state index contributed by atoms with van der Waals surface area (Å²) in [5, 5.41) is 5.95. The first-order valence-corrected chi connectivity index (χ1v) is 7.67. The molecule has 1 aliphatic rings. The second-order valence-corrected chi connectivity index (χ2v) is 5.32. The monoisotopic (exact) mass is 313 g/mol. The molecule has 2 aromatic rings. The summed E-state index contributed by atoms with van der Waals surface area (Å²) in [6, 6.07) is 5.31. The third kappa shape index (κ3) is 4.46. The first kappa shape index (κ1) is 15.4. The summed E-state index contributed by atoms with van der Waals surface area (Å²) in [5.41, 5.74) is 1.32. The van der Waals surface area contributed by atoms with Crippen molar-refractivity contribution in [3.63, 3.8) is 0 Å². The van der Waals surface area contributed by atoms with Crippen molar-refractivity contribution in [1.29, 1.82) is 0 Å². The Morgan fingerprint density at radius 2 is 2.13 bits per heavy atom. The van der Waals surface area contributed by atoms with E-state index >= 15 is 0 Å². The lowest BCUT2D eigenvalue weighted by atomic mass is 10.2. The molecule has 7 nitrogen and oxygen atoms in total. The number of aromatic nitrogens is 3. The zero-order valence-corrected chi connectivity index (χ0v) is 12.7. The summed E-state index contributed by atoms with van der Waals surface area (Å²) in [4.78, 5) is 24.5. The van der Waals surface area contributed by atoms with E-state index in [2.05, 4.69) is 25.6 Å². The van der Waals surface area contributed by atoms with Crippen LogP contribution in [0.15, 0.2) is 36.8 Å². The van der Waals surface area contributed by atoms with Gasteiger partial charge in [0.2, 0.25) is 5.95 Å². The van der Waals surface area contributed by atoms with Gasteiger partial charge in [-0.1, -0.05) is 0 Å². The molecule has 7 heteroatoms. The number of nitrogens with one attached hydrogen (secondary N) is 2. The van der Waals surface area contributed by atoms with Crippen LogP contribution in [-0.4, -0.2) is 40.1 Å². The van der Waals surface area contributed by atoms with E-state index in [4.69, 9.17) is 4.74 Å². The summed E-state index contributed by atoms with van der Waals surface area (Å²) in [6.45, 7) is 1.90. The lowest BCUT2D eigenvalue weighted by Gasteiger charge is -2.11. The molecular weight excluding hydrogens is 294 g/mol. The number of carbonyl (C=O) groups is 1. The number of hydrogen-bond acceptors (Lipinski definition) is 6. The predicted molar refractivity (Wildman–Crippen MR) is 84.9 cm³/mol. The zero-order chi connectivity index (χ0) is 15.9. The molecule has 0 aliphatic carbocycles. The van der Waals surface area contributed by atoms with Gasteiger partial charge in [-0.05, 0) is 36.6 Å². The Kier molecular flexibility index (Phi) is 5.10. The topological polar surface area (TPSA) is 89.0 Å². The van der Waals surface area contributed by atoms with Crippen LogP contribution in [0.5, 0.6) is 0 Å². The third-order valence-corrected chi connectivity index (χ3v) is 3.60. The van der Waals surface area contributed by atoms with Crippen LogP contribution in [0.25, 0.3) is 0 Å². The minimum Gasteiger partial charge on any atom is -0.376 e. The van der Waals surface area contributed by atoms with Crippen molar-refractivity contribution in [3.8, 4) is 0 Å². The van der Waals surface area contributed by atoms with Gasteiger partial charge in [0, 0.05) is 38.3 Å². The summed E-state index contributed by atoms with van der Waals surface area (Å²) in [6.07, 6.45) is 7.29. The van der Waals surface area contributed by atoms with Crippen LogP contribution in [0.3, 0.4) is 0 Å². The first-order chi connectivity index (χ1) is 11.3. The van der Waals surface area contributed by atoms with Crippen molar-refractivity contribution < 1.29 is 9.53 Å². The van der Waals surface area contributed by atoms with Crippen LogP contribution in [0.1, 0.15) is 28.9 Å². The number of amides is 1. The quantitative estimate of drug-likeness (QED) is 0.838. The minimum absolute atomic E-state index is 0.197. The highest BCUT2D eigenvalue weighted by Crippen LogP contribution is 2.12. The number of rotatable bonds is 6. The molecule has 1 aliphatic heterocycles. The number of carbonyl (C=O) groups excluding carboxylic acids is 1. The molecule has 0 radical (unpaired) electrons. The Hall–Kier alpha value is -2.54. The van der Waals surface area contributed by atoms with Crippen LogP contribution in [0, 0.1) is 0 Å². The lowest BCUT2D eigenvalue weighted by Crippen LogP contribution is -2.25. The predicted octanol–water partition coefficient (Wildman–Crippen LogP) is 1.39. The van der Waals surface area contributed by atoms with Crippen LogP contribution in [0.2, 0.25) is 0 Å². The van der Waals surface area contributed by atoms with Gasteiger partial charge in [-0.2, -0.15) is 0 Å². The number of nitrogens with zero attached hydrogens (tertiary/aromatic N) is 3. The summed E-state index contributed by atoms with van der Waals surface area (Å²) in [7, 11) is 0. The third-order valence-electron chi connectivity index (χ3n) is 3.60. The average Bonchev–Trinajstić information content (AvgIpc) is 3.12. The SMILES string of the molecule is O=C(NCc1ccncc1)c1ccnc(NCC2CCCO2)n1. The van der Waals surface area contributed by atoms with Gasteiger partial charge in [0.05, 0.1) is 6.10 Å². The second kappa shape index (κ2) is 7.64. The maximum absolute atomic E-state index is 12.2. The molecule has 3 heterocycles. The van der Waals surface area contributed by atoms with Gasteiger partial charge in [0.1, 0.15) is 5.69 Å². The van der Waals surface area contributed by atoms with Crippen molar-refractivity contribution in [2.75, 3.05) is 18.5 Å². The van der Waals surface area contributed by atoms with E-state index in [0.29, 0.717) is 24.7 Å². The Bertz CT molecular complexity index is 644. The fraction of sp³-hybridized carbons (Fsp3) is 0.375. The molecule has 1 fully saturated rings. The maximum atomic E-state index is 12.2. The van der Waals surface area contributed by atoms with Gasteiger partial charge >= 0.3 is 0 Å². The van der Waals surface area contributed by atoms with E-state index in [1.807, 2.05) is 12.1 Å². The van der Waals surface area contributed by atoms with Crippen LogP contribution < -0.4 is 10.6 Å². The molecule has 1 unspecified atom stereocenters. The van der Waals surface area contributed by atoms with E-state index in [1.165, 1.54) is 0 Å². The average molecular weight is 313 g/mol. The van der Waals surface area contributed by atoms with Crippen molar-refractivity contribution >= 4 is 11.9 Å². The molecule has 3 rings (SSSR count). The van der Waals surface area contributed by atoms with Gasteiger partial charge in [0.25, 0.3) is 5.91 Å². The fourth-order valence-corrected chi connectivity index (χ4v) is 2.35. The van der Waals surface area contributed by atoms with E-state index in [-0.39, 0.29) is 12.0 Å². The highest BCUT2D eigenvalue weighted by atomic mass is 16.5. The molecule has 1 atom stereocenters. The molecule has 0 saturated carbocycles. The van der Waals surface area contributed by atoms with Gasteiger partial charge in [-0.25, -0.2) is 9.97 Å².